The number of hydrogen-bond acceptors (Lipinski definition) is 6. The molecule has 0 aromatic heterocycles. The van der Waals surface area contributed by atoms with E-state index in [2.05, 4.69) is 5.32 Å². The number of para-hydroxylation sites is 2. The van der Waals surface area contributed by atoms with Crippen LogP contribution in [0.15, 0.2) is 42.5 Å². The number of fused-ring (bicyclic) bond motifs is 1. The predicted molar refractivity (Wildman–Crippen MR) is 101 cm³/mol. The van der Waals surface area contributed by atoms with Gasteiger partial charge in [0, 0.05) is 11.8 Å². The van der Waals surface area contributed by atoms with Crippen molar-refractivity contribution in [3.63, 3.8) is 0 Å². The highest BCUT2D eigenvalue weighted by atomic mass is 32.2. The van der Waals surface area contributed by atoms with Gasteiger partial charge in [0.15, 0.2) is 17.6 Å². The Morgan fingerprint density at radius 1 is 1.15 bits per heavy atom. The van der Waals surface area contributed by atoms with Crippen LogP contribution in [0.2, 0.25) is 0 Å². The number of sulfonamides is 1. The van der Waals surface area contributed by atoms with Crippen molar-refractivity contribution in [2.45, 2.75) is 6.10 Å². The summed E-state index contributed by atoms with van der Waals surface area (Å²) in [5.74, 6) is 0.858. The standard InChI is InChI=1S/C18H20N2O6S/c1-24-15-9-8-12(10-16(15)25-2)19-18(21)17-11-20(27(3,22)23)13-6-4-5-7-14(13)26-17/h4-10,17H,11H2,1-3H3,(H,19,21). The molecule has 1 amide bonds. The average Bonchev–Trinajstić information content (AvgIpc) is 2.66. The fourth-order valence-corrected chi connectivity index (χ4v) is 3.70. The maximum absolute atomic E-state index is 12.7. The number of anilines is 2. The number of benzene rings is 2. The van der Waals surface area contributed by atoms with E-state index in [1.165, 1.54) is 18.5 Å². The Morgan fingerprint density at radius 3 is 2.52 bits per heavy atom. The van der Waals surface area contributed by atoms with Crippen LogP contribution in [0, 0.1) is 0 Å². The van der Waals surface area contributed by atoms with E-state index in [1.54, 1.807) is 42.5 Å². The van der Waals surface area contributed by atoms with Crippen molar-refractivity contribution in [3.8, 4) is 17.2 Å². The van der Waals surface area contributed by atoms with Gasteiger partial charge in [-0.15, -0.1) is 0 Å². The second-order valence-electron chi connectivity index (χ2n) is 5.93. The fourth-order valence-electron chi connectivity index (χ4n) is 2.79. The summed E-state index contributed by atoms with van der Waals surface area (Å²) in [7, 11) is -0.550. The minimum atomic E-state index is -3.56. The fraction of sp³-hybridized carbons (Fsp3) is 0.278. The van der Waals surface area contributed by atoms with Gasteiger partial charge in [-0.3, -0.25) is 9.10 Å². The molecule has 144 valence electrons. The number of rotatable bonds is 5. The first-order chi connectivity index (χ1) is 12.8. The number of methoxy groups -OCH3 is 2. The van der Waals surface area contributed by atoms with Gasteiger partial charge in [0.05, 0.1) is 32.7 Å². The molecule has 1 N–H and O–H groups in total. The molecule has 0 aliphatic carbocycles. The van der Waals surface area contributed by atoms with Gasteiger partial charge in [-0.25, -0.2) is 8.42 Å². The first-order valence-electron chi connectivity index (χ1n) is 8.09. The third-order valence-corrected chi connectivity index (χ3v) is 5.23. The van der Waals surface area contributed by atoms with Gasteiger partial charge in [-0.05, 0) is 24.3 Å². The zero-order chi connectivity index (χ0) is 19.6. The van der Waals surface area contributed by atoms with E-state index in [0.717, 1.165) is 6.26 Å². The second-order valence-corrected chi connectivity index (χ2v) is 7.83. The topological polar surface area (TPSA) is 94.2 Å². The number of ether oxygens (including phenoxy) is 3. The number of carbonyl (C=O) groups excluding carboxylic acids is 1. The van der Waals surface area contributed by atoms with E-state index in [9.17, 15) is 13.2 Å². The van der Waals surface area contributed by atoms with Gasteiger partial charge < -0.3 is 19.5 Å². The van der Waals surface area contributed by atoms with Crippen LogP contribution >= 0.6 is 0 Å². The smallest absolute Gasteiger partial charge is 0.267 e. The Balaban J connectivity index is 1.84. The maximum atomic E-state index is 12.7. The van der Waals surface area contributed by atoms with E-state index in [-0.39, 0.29) is 6.54 Å². The lowest BCUT2D eigenvalue weighted by Crippen LogP contribution is -2.48. The highest BCUT2D eigenvalue weighted by Crippen LogP contribution is 2.35. The lowest BCUT2D eigenvalue weighted by Gasteiger charge is -2.33. The summed E-state index contributed by atoms with van der Waals surface area (Å²) >= 11 is 0. The highest BCUT2D eigenvalue weighted by molar-refractivity contribution is 7.92. The van der Waals surface area contributed by atoms with Crippen molar-refractivity contribution in [1.29, 1.82) is 0 Å². The lowest BCUT2D eigenvalue weighted by molar-refractivity contribution is -0.122. The summed E-state index contributed by atoms with van der Waals surface area (Å²) in [6.45, 7) is -0.116. The minimum Gasteiger partial charge on any atom is -0.493 e. The molecule has 1 aliphatic heterocycles. The third kappa shape index (κ3) is 3.92. The Labute approximate surface area is 157 Å². The zero-order valence-corrected chi connectivity index (χ0v) is 15.9. The molecule has 0 spiro atoms. The number of carbonyl (C=O) groups is 1. The molecule has 8 nitrogen and oxygen atoms in total. The molecule has 1 atom stereocenters. The largest absolute Gasteiger partial charge is 0.493 e. The van der Waals surface area contributed by atoms with Crippen molar-refractivity contribution >= 4 is 27.3 Å². The SMILES string of the molecule is COc1ccc(NC(=O)C2CN(S(C)(=O)=O)c3ccccc3O2)cc1OC. The van der Waals surface area contributed by atoms with Gasteiger partial charge in [-0.2, -0.15) is 0 Å². The van der Waals surface area contributed by atoms with Crippen LogP contribution in [0.4, 0.5) is 11.4 Å². The van der Waals surface area contributed by atoms with Crippen LogP contribution in [0.3, 0.4) is 0 Å². The Hall–Kier alpha value is -2.94. The van der Waals surface area contributed by atoms with Crippen LogP contribution in [-0.4, -0.2) is 47.4 Å². The van der Waals surface area contributed by atoms with Crippen molar-refractivity contribution in [3.05, 3.63) is 42.5 Å². The van der Waals surface area contributed by atoms with Gasteiger partial charge in [-0.1, -0.05) is 12.1 Å². The van der Waals surface area contributed by atoms with Crippen LogP contribution in [0.25, 0.3) is 0 Å². The molecule has 0 saturated heterocycles. The molecule has 1 unspecified atom stereocenters. The number of hydrogen-bond donors (Lipinski definition) is 1. The maximum Gasteiger partial charge on any atom is 0.267 e. The molecule has 0 saturated carbocycles. The second kappa shape index (κ2) is 7.36. The summed E-state index contributed by atoms with van der Waals surface area (Å²) in [5.41, 5.74) is 0.890. The van der Waals surface area contributed by atoms with E-state index in [4.69, 9.17) is 14.2 Å². The Morgan fingerprint density at radius 2 is 1.85 bits per heavy atom. The molecule has 1 heterocycles. The van der Waals surface area contributed by atoms with Gasteiger partial charge in [0.2, 0.25) is 10.0 Å². The van der Waals surface area contributed by atoms with Crippen molar-refractivity contribution in [2.75, 3.05) is 36.6 Å². The number of nitrogens with zero attached hydrogens (tertiary/aromatic N) is 1. The summed E-state index contributed by atoms with van der Waals surface area (Å²) in [4.78, 5) is 12.7. The van der Waals surface area contributed by atoms with Crippen LogP contribution in [0.5, 0.6) is 17.2 Å². The number of nitrogens with one attached hydrogen (secondary N) is 1. The summed E-state index contributed by atoms with van der Waals surface area (Å²) < 4.78 is 41.6. The molecule has 27 heavy (non-hydrogen) atoms. The predicted octanol–water partition coefficient (Wildman–Crippen LogP) is 1.87. The van der Waals surface area contributed by atoms with Crippen molar-refractivity contribution in [2.24, 2.45) is 0 Å². The van der Waals surface area contributed by atoms with Gasteiger partial charge >= 0.3 is 0 Å². The molecular weight excluding hydrogens is 372 g/mol. The average molecular weight is 392 g/mol. The molecule has 9 heteroatoms. The molecule has 2 aromatic rings. The Kier molecular flexibility index (Phi) is 5.13. The normalized spacial score (nSPS) is 16.1. The summed E-state index contributed by atoms with van der Waals surface area (Å²) in [6, 6.07) is 11.6. The summed E-state index contributed by atoms with van der Waals surface area (Å²) in [5, 5.41) is 2.72. The molecule has 3 rings (SSSR count). The summed E-state index contributed by atoms with van der Waals surface area (Å²) in [6.07, 6.45) is 0.0982. The molecular formula is C18H20N2O6S. The van der Waals surface area contributed by atoms with Crippen LogP contribution < -0.4 is 23.8 Å². The van der Waals surface area contributed by atoms with Gasteiger partial charge in [0.1, 0.15) is 5.75 Å². The molecule has 0 fully saturated rings. The first-order valence-corrected chi connectivity index (χ1v) is 9.94. The van der Waals surface area contributed by atoms with Crippen molar-refractivity contribution < 1.29 is 27.4 Å². The van der Waals surface area contributed by atoms with E-state index < -0.39 is 22.0 Å². The van der Waals surface area contributed by atoms with E-state index in [0.29, 0.717) is 28.6 Å². The first kappa shape index (κ1) is 18.8. The van der Waals surface area contributed by atoms with E-state index in [1.807, 2.05) is 0 Å². The molecule has 0 bridgehead atoms. The number of amides is 1. The third-order valence-electron chi connectivity index (χ3n) is 4.08. The highest BCUT2D eigenvalue weighted by Gasteiger charge is 2.34. The van der Waals surface area contributed by atoms with Gasteiger partial charge in [0.25, 0.3) is 5.91 Å². The zero-order valence-electron chi connectivity index (χ0n) is 15.1. The lowest BCUT2D eigenvalue weighted by atomic mass is 10.2. The van der Waals surface area contributed by atoms with Crippen molar-refractivity contribution in [1.82, 2.24) is 0 Å². The molecule has 1 aliphatic rings. The molecule has 0 radical (unpaired) electrons. The van der Waals surface area contributed by atoms with Crippen LogP contribution in [0.1, 0.15) is 0 Å². The Bertz CT molecular complexity index is 960. The van der Waals surface area contributed by atoms with E-state index >= 15 is 0 Å². The quantitative estimate of drug-likeness (QED) is 0.835. The van der Waals surface area contributed by atoms with Crippen LogP contribution in [-0.2, 0) is 14.8 Å². The minimum absolute atomic E-state index is 0.116. The molecule has 2 aromatic carbocycles. The monoisotopic (exact) mass is 392 g/mol.